The maximum absolute atomic E-state index is 13.8. The number of halogens is 1. The SMILES string of the molecule is COC(=O)c1cccc(N(C(=O)Cc2cccs2)C(C(=O)NC2CCCC2)c2ccc(F)cc2)c1. The molecule has 0 aliphatic heterocycles. The lowest BCUT2D eigenvalue weighted by molar-refractivity contribution is -0.127. The Balaban J connectivity index is 1.79. The number of methoxy groups -OCH3 is 1. The van der Waals surface area contributed by atoms with Gasteiger partial charge in [-0.2, -0.15) is 0 Å². The summed E-state index contributed by atoms with van der Waals surface area (Å²) in [6.07, 6.45) is 3.91. The monoisotopic (exact) mass is 494 g/mol. The van der Waals surface area contributed by atoms with Crippen molar-refractivity contribution in [2.45, 2.75) is 44.2 Å². The minimum Gasteiger partial charge on any atom is -0.465 e. The van der Waals surface area contributed by atoms with Crippen molar-refractivity contribution in [2.75, 3.05) is 12.0 Å². The van der Waals surface area contributed by atoms with E-state index in [1.54, 1.807) is 18.2 Å². The molecule has 8 heteroatoms. The number of esters is 1. The molecular formula is C27H27FN2O4S. The first-order valence-electron chi connectivity index (χ1n) is 11.5. The van der Waals surface area contributed by atoms with Crippen LogP contribution in [0.25, 0.3) is 0 Å². The Hall–Kier alpha value is -3.52. The molecule has 1 atom stereocenters. The standard InChI is InChI=1S/C27H27FN2O4S/c1-34-27(33)19-6-4-9-22(16-19)30(24(31)17-23-10-5-15-35-23)25(18-11-13-20(28)14-12-18)26(32)29-21-7-2-3-8-21/h4-6,9-16,21,25H,2-3,7-8,17H2,1H3,(H,29,32). The number of hydrogen-bond donors (Lipinski definition) is 1. The number of nitrogens with one attached hydrogen (secondary N) is 1. The topological polar surface area (TPSA) is 75.7 Å². The zero-order valence-electron chi connectivity index (χ0n) is 19.4. The molecule has 1 aliphatic carbocycles. The fraction of sp³-hybridized carbons (Fsp3) is 0.296. The van der Waals surface area contributed by atoms with Crippen LogP contribution in [-0.4, -0.2) is 30.9 Å². The molecule has 0 saturated heterocycles. The molecule has 1 unspecified atom stereocenters. The van der Waals surface area contributed by atoms with Crippen LogP contribution < -0.4 is 10.2 Å². The molecule has 35 heavy (non-hydrogen) atoms. The number of carbonyl (C=O) groups is 3. The molecule has 3 aromatic rings. The third-order valence-corrected chi connectivity index (χ3v) is 6.99. The van der Waals surface area contributed by atoms with Gasteiger partial charge in [-0.3, -0.25) is 14.5 Å². The molecule has 1 heterocycles. The van der Waals surface area contributed by atoms with Crippen molar-refractivity contribution in [3.8, 4) is 0 Å². The Bertz CT molecular complexity index is 1170. The third-order valence-electron chi connectivity index (χ3n) is 6.11. The molecular weight excluding hydrogens is 467 g/mol. The van der Waals surface area contributed by atoms with E-state index in [-0.39, 0.29) is 29.8 Å². The van der Waals surface area contributed by atoms with Gasteiger partial charge in [0.2, 0.25) is 11.8 Å². The Labute approximate surface area is 207 Å². The number of nitrogens with zero attached hydrogens (tertiary/aromatic N) is 1. The van der Waals surface area contributed by atoms with Crippen LogP contribution >= 0.6 is 11.3 Å². The quantitative estimate of drug-likeness (QED) is 0.445. The summed E-state index contributed by atoms with van der Waals surface area (Å²) in [6.45, 7) is 0. The van der Waals surface area contributed by atoms with E-state index in [1.165, 1.54) is 53.7 Å². The van der Waals surface area contributed by atoms with Gasteiger partial charge in [-0.25, -0.2) is 9.18 Å². The molecule has 0 spiro atoms. The van der Waals surface area contributed by atoms with E-state index in [1.807, 2.05) is 17.5 Å². The smallest absolute Gasteiger partial charge is 0.337 e. The average Bonchev–Trinajstić information content (AvgIpc) is 3.57. The summed E-state index contributed by atoms with van der Waals surface area (Å²) in [4.78, 5) is 41.9. The van der Waals surface area contributed by atoms with Crippen LogP contribution in [0.1, 0.15) is 52.5 Å². The highest BCUT2D eigenvalue weighted by Gasteiger charge is 2.34. The van der Waals surface area contributed by atoms with E-state index < -0.39 is 17.8 Å². The Kier molecular flexibility index (Phi) is 7.92. The highest BCUT2D eigenvalue weighted by molar-refractivity contribution is 7.10. The lowest BCUT2D eigenvalue weighted by Crippen LogP contribution is -2.47. The predicted octanol–water partition coefficient (Wildman–Crippen LogP) is 5.05. The van der Waals surface area contributed by atoms with Crippen molar-refractivity contribution >= 4 is 34.8 Å². The van der Waals surface area contributed by atoms with Crippen molar-refractivity contribution in [2.24, 2.45) is 0 Å². The summed E-state index contributed by atoms with van der Waals surface area (Å²) in [6, 6.07) is 14.7. The van der Waals surface area contributed by atoms with Gasteiger partial charge < -0.3 is 10.1 Å². The van der Waals surface area contributed by atoms with Gasteiger partial charge in [0.15, 0.2) is 0 Å². The Morgan fingerprint density at radius 3 is 2.49 bits per heavy atom. The molecule has 1 aliphatic rings. The van der Waals surface area contributed by atoms with Gasteiger partial charge in [0, 0.05) is 16.6 Å². The highest BCUT2D eigenvalue weighted by atomic mass is 32.1. The van der Waals surface area contributed by atoms with E-state index in [9.17, 15) is 18.8 Å². The maximum Gasteiger partial charge on any atom is 0.337 e. The van der Waals surface area contributed by atoms with Crippen molar-refractivity contribution in [1.29, 1.82) is 0 Å². The average molecular weight is 495 g/mol. The zero-order chi connectivity index (χ0) is 24.8. The number of thiophene rings is 1. The van der Waals surface area contributed by atoms with E-state index in [4.69, 9.17) is 4.74 Å². The molecule has 2 amide bonds. The van der Waals surface area contributed by atoms with E-state index in [2.05, 4.69) is 5.32 Å². The van der Waals surface area contributed by atoms with Crippen LogP contribution in [0.3, 0.4) is 0 Å². The number of anilines is 1. The van der Waals surface area contributed by atoms with Gasteiger partial charge in [0.25, 0.3) is 0 Å². The molecule has 0 bridgehead atoms. The second-order valence-electron chi connectivity index (χ2n) is 8.51. The van der Waals surface area contributed by atoms with Gasteiger partial charge in [0.1, 0.15) is 11.9 Å². The number of carbonyl (C=O) groups excluding carboxylic acids is 3. The van der Waals surface area contributed by atoms with E-state index in [0.717, 1.165) is 30.6 Å². The zero-order valence-corrected chi connectivity index (χ0v) is 20.2. The first kappa shape index (κ1) is 24.6. The lowest BCUT2D eigenvalue weighted by Gasteiger charge is -2.32. The minimum atomic E-state index is -1.04. The Morgan fingerprint density at radius 2 is 1.83 bits per heavy atom. The number of benzene rings is 2. The summed E-state index contributed by atoms with van der Waals surface area (Å²) in [5.74, 6) is -1.64. The van der Waals surface area contributed by atoms with Crippen LogP contribution in [0.15, 0.2) is 66.0 Å². The fourth-order valence-electron chi connectivity index (χ4n) is 4.40. The molecule has 1 N–H and O–H groups in total. The van der Waals surface area contributed by atoms with Crippen molar-refractivity contribution in [3.63, 3.8) is 0 Å². The highest BCUT2D eigenvalue weighted by Crippen LogP contribution is 2.31. The second kappa shape index (κ2) is 11.3. The molecule has 4 rings (SSSR count). The summed E-state index contributed by atoms with van der Waals surface area (Å²) in [5, 5.41) is 4.97. The molecule has 0 radical (unpaired) electrons. The van der Waals surface area contributed by atoms with Crippen molar-refractivity contribution in [3.05, 3.63) is 87.9 Å². The molecule has 6 nitrogen and oxygen atoms in total. The van der Waals surface area contributed by atoms with Gasteiger partial charge >= 0.3 is 5.97 Å². The summed E-state index contributed by atoms with van der Waals surface area (Å²) in [7, 11) is 1.28. The Morgan fingerprint density at radius 1 is 1.09 bits per heavy atom. The number of hydrogen-bond acceptors (Lipinski definition) is 5. The predicted molar refractivity (Wildman–Crippen MR) is 133 cm³/mol. The van der Waals surface area contributed by atoms with Crippen LogP contribution in [0.5, 0.6) is 0 Å². The van der Waals surface area contributed by atoms with Crippen molar-refractivity contribution < 1.29 is 23.5 Å². The minimum absolute atomic E-state index is 0.0288. The second-order valence-corrected chi connectivity index (χ2v) is 9.54. The summed E-state index contributed by atoms with van der Waals surface area (Å²) < 4.78 is 18.6. The molecule has 1 saturated carbocycles. The third kappa shape index (κ3) is 5.95. The van der Waals surface area contributed by atoms with Gasteiger partial charge in [-0.05, 0) is 60.2 Å². The summed E-state index contributed by atoms with van der Waals surface area (Å²) >= 11 is 1.45. The number of ether oxygens (including phenoxy) is 1. The first-order chi connectivity index (χ1) is 17.0. The molecule has 1 fully saturated rings. The van der Waals surface area contributed by atoms with Gasteiger partial charge in [-0.15, -0.1) is 11.3 Å². The number of amides is 2. The van der Waals surface area contributed by atoms with Crippen LogP contribution in [-0.2, 0) is 20.7 Å². The van der Waals surface area contributed by atoms with Gasteiger partial charge in [0.05, 0.1) is 19.1 Å². The van der Waals surface area contributed by atoms with Crippen LogP contribution in [0.2, 0.25) is 0 Å². The maximum atomic E-state index is 13.8. The largest absolute Gasteiger partial charge is 0.465 e. The van der Waals surface area contributed by atoms with Crippen LogP contribution in [0, 0.1) is 5.82 Å². The van der Waals surface area contributed by atoms with Gasteiger partial charge in [-0.1, -0.05) is 37.1 Å². The first-order valence-corrected chi connectivity index (χ1v) is 12.4. The molecule has 182 valence electrons. The fourth-order valence-corrected chi connectivity index (χ4v) is 5.09. The van der Waals surface area contributed by atoms with E-state index >= 15 is 0 Å². The normalized spacial score (nSPS) is 14.3. The lowest BCUT2D eigenvalue weighted by atomic mass is 10.0. The summed E-state index contributed by atoms with van der Waals surface area (Å²) in [5.41, 5.74) is 1.11. The van der Waals surface area contributed by atoms with E-state index in [0.29, 0.717) is 11.3 Å². The molecule has 2 aromatic carbocycles. The number of rotatable bonds is 8. The molecule has 1 aromatic heterocycles. The van der Waals surface area contributed by atoms with Crippen molar-refractivity contribution in [1.82, 2.24) is 5.32 Å². The van der Waals surface area contributed by atoms with Crippen LogP contribution in [0.4, 0.5) is 10.1 Å².